The van der Waals surface area contributed by atoms with Crippen LogP contribution in [0.5, 0.6) is 5.75 Å². The van der Waals surface area contributed by atoms with Gasteiger partial charge in [-0.05, 0) is 24.1 Å². The normalized spacial score (nSPS) is 10.3. The lowest BCUT2D eigenvalue weighted by Gasteiger charge is -2.07. The molecule has 0 aliphatic carbocycles. The minimum atomic E-state index is 0.146. The van der Waals surface area contributed by atoms with E-state index in [0.29, 0.717) is 6.42 Å². The van der Waals surface area contributed by atoms with Gasteiger partial charge in [-0.3, -0.25) is 4.79 Å². The number of ether oxygens (including phenoxy) is 1. The highest BCUT2D eigenvalue weighted by Gasteiger charge is 2.06. The van der Waals surface area contributed by atoms with Gasteiger partial charge in [-0.15, -0.1) is 0 Å². The number of benzene rings is 2. The Hall–Kier alpha value is -2.09. The summed E-state index contributed by atoms with van der Waals surface area (Å²) in [5.74, 6) is 1.02. The van der Waals surface area contributed by atoms with Crippen molar-refractivity contribution < 1.29 is 9.53 Å². The summed E-state index contributed by atoms with van der Waals surface area (Å²) in [5.41, 5.74) is 1.78. The third-order valence-electron chi connectivity index (χ3n) is 3.40. The average molecular weight is 282 g/mol. The third kappa shape index (κ3) is 5.07. The van der Waals surface area contributed by atoms with Crippen molar-refractivity contribution in [1.29, 1.82) is 0 Å². The minimum absolute atomic E-state index is 0.146. The zero-order chi connectivity index (χ0) is 14.9. The van der Waals surface area contributed by atoms with Crippen LogP contribution >= 0.6 is 0 Å². The molecule has 0 spiro atoms. The van der Waals surface area contributed by atoms with Gasteiger partial charge >= 0.3 is 0 Å². The van der Waals surface area contributed by atoms with Crippen LogP contribution < -0.4 is 4.74 Å². The lowest BCUT2D eigenvalue weighted by molar-refractivity contribution is 0.0993. The highest BCUT2D eigenvalue weighted by atomic mass is 16.5. The predicted molar refractivity (Wildman–Crippen MR) is 85.9 cm³/mol. The van der Waals surface area contributed by atoms with Gasteiger partial charge in [-0.1, -0.05) is 62.2 Å². The number of carbonyl (C=O) groups is 1. The molecule has 0 fully saturated rings. The first kappa shape index (κ1) is 15.3. The molecule has 110 valence electrons. The molecule has 0 heterocycles. The second-order valence-corrected chi connectivity index (χ2v) is 5.17. The van der Waals surface area contributed by atoms with E-state index >= 15 is 0 Å². The lowest BCUT2D eigenvalue weighted by Crippen LogP contribution is -2.03. The maximum Gasteiger partial charge on any atom is 0.167 e. The molecule has 0 saturated heterocycles. The van der Waals surface area contributed by atoms with Crippen LogP contribution in [0.15, 0.2) is 54.6 Å². The van der Waals surface area contributed by atoms with E-state index in [0.717, 1.165) is 29.9 Å². The topological polar surface area (TPSA) is 26.3 Å². The van der Waals surface area contributed by atoms with Crippen LogP contribution in [-0.4, -0.2) is 12.4 Å². The molecule has 0 N–H and O–H groups in total. The summed E-state index contributed by atoms with van der Waals surface area (Å²) in [5, 5.41) is 0. The molecule has 0 unspecified atom stereocenters. The van der Waals surface area contributed by atoms with Crippen molar-refractivity contribution in [3.63, 3.8) is 0 Å². The van der Waals surface area contributed by atoms with E-state index in [1.165, 1.54) is 12.8 Å². The van der Waals surface area contributed by atoms with Crippen LogP contribution in [0.3, 0.4) is 0 Å². The van der Waals surface area contributed by atoms with E-state index in [2.05, 4.69) is 6.92 Å². The second-order valence-electron chi connectivity index (χ2n) is 5.17. The SMILES string of the molecule is CCCCCOc1ccc(CC(=O)c2ccccc2)cc1. The molecule has 21 heavy (non-hydrogen) atoms. The Balaban J connectivity index is 1.86. The standard InChI is InChI=1S/C19H22O2/c1-2-3-7-14-21-18-12-10-16(11-13-18)15-19(20)17-8-5-4-6-9-17/h4-6,8-13H,2-3,7,14-15H2,1H3. The molecule has 2 nitrogen and oxygen atoms in total. The number of hydrogen-bond donors (Lipinski definition) is 0. The van der Waals surface area contributed by atoms with Crippen LogP contribution in [0.2, 0.25) is 0 Å². The summed E-state index contributed by atoms with van der Waals surface area (Å²) in [6.07, 6.45) is 3.92. The number of rotatable bonds is 8. The summed E-state index contributed by atoms with van der Waals surface area (Å²) in [6, 6.07) is 17.2. The Kier molecular flexibility index (Phi) is 6.01. The van der Waals surface area contributed by atoms with E-state index in [4.69, 9.17) is 4.74 Å². The van der Waals surface area contributed by atoms with Gasteiger partial charge in [0.25, 0.3) is 0 Å². The fourth-order valence-electron chi connectivity index (χ4n) is 2.16. The van der Waals surface area contributed by atoms with E-state index in [1.54, 1.807) is 0 Å². The Morgan fingerprint density at radius 1 is 0.952 bits per heavy atom. The van der Waals surface area contributed by atoms with E-state index in [1.807, 2.05) is 54.6 Å². The van der Waals surface area contributed by atoms with Gasteiger partial charge in [-0.2, -0.15) is 0 Å². The van der Waals surface area contributed by atoms with Crippen molar-refractivity contribution >= 4 is 5.78 Å². The van der Waals surface area contributed by atoms with Crippen molar-refractivity contribution in [3.05, 3.63) is 65.7 Å². The fourth-order valence-corrected chi connectivity index (χ4v) is 2.16. The smallest absolute Gasteiger partial charge is 0.167 e. The van der Waals surface area contributed by atoms with Gasteiger partial charge in [0.1, 0.15) is 5.75 Å². The van der Waals surface area contributed by atoms with E-state index in [9.17, 15) is 4.79 Å². The zero-order valence-electron chi connectivity index (χ0n) is 12.5. The van der Waals surface area contributed by atoms with Crippen molar-refractivity contribution in [3.8, 4) is 5.75 Å². The Morgan fingerprint density at radius 3 is 2.33 bits per heavy atom. The van der Waals surface area contributed by atoms with E-state index < -0.39 is 0 Å². The molecular weight excluding hydrogens is 260 g/mol. The molecular formula is C19H22O2. The third-order valence-corrected chi connectivity index (χ3v) is 3.40. The number of ketones is 1. The first-order valence-electron chi connectivity index (χ1n) is 7.59. The highest BCUT2D eigenvalue weighted by molar-refractivity contribution is 5.97. The second kappa shape index (κ2) is 8.25. The van der Waals surface area contributed by atoms with Crippen LogP contribution in [-0.2, 0) is 6.42 Å². The van der Waals surface area contributed by atoms with Crippen LogP contribution in [0.1, 0.15) is 42.1 Å². The molecule has 0 radical (unpaired) electrons. The average Bonchev–Trinajstić information content (AvgIpc) is 2.54. The van der Waals surface area contributed by atoms with Gasteiger partial charge in [0, 0.05) is 12.0 Å². The predicted octanol–water partition coefficient (Wildman–Crippen LogP) is 4.68. The summed E-state index contributed by atoms with van der Waals surface area (Å²) in [6.45, 7) is 2.94. The van der Waals surface area contributed by atoms with Crippen molar-refractivity contribution in [1.82, 2.24) is 0 Å². The number of hydrogen-bond acceptors (Lipinski definition) is 2. The van der Waals surface area contributed by atoms with Crippen LogP contribution in [0, 0.1) is 0 Å². The van der Waals surface area contributed by atoms with Crippen LogP contribution in [0.25, 0.3) is 0 Å². The molecule has 0 amide bonds. The summed E-state index contributed by atoms with van der Waals surface area (Å²) >= 11 is 0. The van der Waals surface area contributed by atoms with Crippen molar-refractivity contribution in [2.24, 2.45) is 0 Å². The molecule has 2 rings (SSSR count). The fraction of sp³-hybridized carbons (Fsp3) is 0.316. The molecule has 0 aliphatic heterocycles. The van der Waals surface area contributed by atoms with Gasteiger partial charge in [0.15, 0.2) is 5.78 Å². The monoisotopic (exact) mass is 282 g/mol. The molecule has 0 saturated carbocycles. The Labute approximate surface area is 126 Å². The van der Waals surface area contributed by atoms with Gasteiger partial charge in [0.2, 0.25) is 0 Å². The molecule has 0 aliphatic rings. The molecule has 0 bridgehead atoms. The Morgan fingerprint density at radius 2 is 1.67 bits per heavy atom. The quantitative estimate of drug-likeness (QED) is 0.519. The largest absolute Gasteiger partial charge is 0.494 e. The first-order chi connectivity index (χ1) is 10.3. The van der Waals surface area contributed by atoms with E-state index in [-0.39, 0.29) is 5.78 Å². The van der Waals surface area contributed by atoms with Gasteiger partial charge in [0.05, 0.1) is 6.61 Å². The molecule has 0 atom stereocenters. The van der Waals surface area contributed by atoms with Crippen LogP contribution in [0.4, 0.5) is 0 Å². The summed E-state index contributed by atoms with van der Waals surface area (Å²) < 4.78 is 5.67. The summed E-state index contributed by atoms with van der Waals surface area (Å²) in [7, 11) is 0. The minimum Gasteiger partial charge on any atom is -0.494 e. The number of unbranched alkanes of at least 4 members (excludes halogenated alkanes) is 2. The maximum atomic E-state index is 12.1. The maximum absolute atomic E-state index is 12.1. The van der Waals surface area contributed by atoms with Crippen molar-refractivity contribution in [2.45, 2.75) is 32.6 Å². The van der Waals surface area contributed by atoms with Crippen molar-refractivity contribution in [2.75, 3.05) is 6.61 Å². The summed E-state index contributed by atoms with van der Waals surface area (Å²) in [4.78, 5) is 12.1. The molecule has 2 aromatic carbocycles. The highest BCUT2D eigenvalue weighted by Crippen LogP contribution is 2.15. The first-order valence-corrected chi connectivity index (χ1v) is 7.59. The Bertz CT molecular complexity index is 544. The van der Waals surface area contributed by atoms with Gasteiger partial charge < -0.3 is 4.74 Å². The lowest BCUT2D eigenvalue weighted by atomic mass is 10.0. The van der Waals surface area contributed by atoms with Gasteiger partial charge in [-0.25, -0.2) is 0 Å². The molecule has 2 aromatic rings. The number of Topliss-reactive ketones (excluding diaryl/α,β-unsaturated/α-hetero) is 1. The number of carbonyl (C=O) groups excluding carboxylic acids is 1. The zero-order valence-corrected chi connectivity index (χ0v) is 12.5. The molecule has 2 heteroatoms. The molecule has 0 aromatic heterocycles.